The summed E-state index contributed by atoms with van der Waals surface area (Å²) in [6.45, 7) is 0. The molecule has 38 heavy (non-hydrogen) atoms. The molecule has 186 valence electrons. The number of fused-ring (bicyclic) bond motifs is 12. The zero-order valence-electron chi connectivity index (χ0n) is 19.0. The molecule has 0 aliphatic heterocycles. The van der Waals surface area contributed by atoms with Gasteiger partial charge in [0, 0.05) is 0 Å². The van der Waals surface area contributed by atoms with E-state index in [4.69, 9.17) is 26.7 Å². The monoisotopic (exact) mass is 510 g/mol. The Kier molecular flexibility index (Phi) is 4.25. The second-order valence-corrected chi connectivity index (χ2v) is 8.47. The quantitative estimate of drug-likeness (QED) is 0.294. The molecule has 0 bridgehead atoms. The summed E-state index contributed by atoms with van der Waals surface area (Å²) in [7, 11) is 0. The van der Waals surface area contributed by atoms with Crippen LogP contribution in [0.1, 0.15) is 31.1 Å². The molecule has 5 N–H and O–H groups in total. The van der Waals surface area contributed by atoms with Gasteiger partial charge in [0.1, 0.15) is 0 Å². The molecular formula is C24H14N8O6. The van der Waals surface area contributed by atoms with Crippen molar-refractivity contribution in [2.24, 2.45) is 11.8 Å². The average Bonchev–Trinajstić information content (AvgIpc) is 3.61. The second-order valence-electron chi connectivity index (χ2n) is 8.47. The number of carbonyl (C=O) groups is 3. The molecule has 0 unspecified atom stereocenters. The van der Waals surface area contributed by atoms with Crippen LogP contribution in [-0.2, 0) is 9.68 Å². The van der Waals surface area contributed by atoms with Crippen molar-refractivity contribution in [3.05, 3.63) is 71.3 Å². The largest absolute Gasteiger partial charge is 0.478 e. The highest BCUT2D eigenvalue weighted by Gasteiger charge is 2.23. The minimum absolute atomic E-state index is 0.0603. The molecule has 0 aliphatic rings. The Bertz CT molecular complexity index is 2130. The molecule has 0 aliphatic carbocycles. The number of carboxylic acids is 1. The number of nitrogens with two attached hydrogens (primary N) is 2. The average molecular weight is 510 g/mol. The summed E-state index contributed by atoms with van der Waals surface area (Å²) >= 11 is 0. The van der Waals surface area contributed by atoms with Gasteiger partial charge in [-0.05, 0) is 54.6 Å². The van der Waals surface area contributed by atoms with E-state index >= 15 is 0 Å². The minimum Gasteiger partial charge on any atom is -0.478 e. The Morgan fingerprint density at radius 1 is 0.605 bits per heavy atom. The van der Waals surface area contributed by atoms with E-state index in [0.717, 1.165) is 0 Å². The third kappa shape index (κ3) is 2.77. The summed E-state index contributed by atoms with van der Waals surface area (Å²) < 4.78 is 5.08. The number of imidazole rings is 3. The topological polar surface area (TPSA) is 194 Å². The van der Waals surface area contributed by atoms with Crippen LogP contribution in [0.5, 0.6) is 0 Å². The molecule has 4 aromatic heterocycles. The van der Waals surface area contributed by atoms with Crippen LogP contribution in [-0.4, -0.2) is 51.2 Å². The third-order valence-corrected chi connectivity index (χ3v) is 6.44. The van der Waals surface area contributed by atoms with Gasteiger partial charge in [0.25, 0.3) is 0 Å². The molecule has 7 rings (SSSR count). The van der Waals surface area contributed by atoms with Crippen molar-refractivity contribution in [1.82, 2.24) is 28.2 Å². The number of carbonyl (C=O) groups excluding carboxylic acids is 2. The van der Waals surface area contributed by atoms with E-state index in [2.05, 4.69) is 9.68 Å². The summed E-state index contributed by atoms with van der Waals surface area (Å²) in [5.41, 5.74) is 3.46. The fourth-order valence-corrected chi connectivity index (χ4v) is 4.75. The third-order valence-electron chi connectivity index (χ3n) is 6.44. The van der Waals surface area contributed by atoms with Crippen molar-refractivity contribution >= 4 is 68.3 Å². The lowest BCUT2D eigenvalue weighted by Gasteiger charge is -2.06. The Labute approximate surface area is 209 Å². The molecule has 3 aromatic carbocycles. The normalized spacial score (nSPS) is 11.8. The van der Waals surface area contributed by atoms with E-state index < -0.39 is 17.9 Å². The first kappa shape index (κ1) is 21.7. The smallest absolute Gasteiger partial charge is 0.356 e. The fourth-order valence-electron chi connectivity index (χ4n) is 4.75. The summed E-state index contributed by atoms with van der Waals surface area (Å²) in [5.74, 6) is 8.70. The second kappa shape index (κ2) is 7.45. The lowest BCUT2D eigenvalue weighted by Crippen LogP contribution is -2.10. The van der Waals surface area contributed by atoms with Gasteiger partial charge in [-0.3, -0.25) is 0 Å². The van der Waals surface area contributed by atoms with Crippen molar-refractivity contribution in [2.45, 2.75) is 0 Å². The summed E-state index contributed by atoms with van der Waals surface area (Å²) in [5, 5.41) is 9.60. The van der Waals surface area contributed by atoms with Crippen molar-refractivity contribution in [3.8, 4) is 0 Å². The van der Waals surface area contributed by atoms with Crippen LogP contribution < -0.4 is 11.8 Å². The molecule has 0 spiro atoms. The molecule has 0 fully saturated rings. The lowest BCUT2D eigenvalue weighted by molar-refractivity contribution is 0.0495. The number of aromatic carboxylic acids is 1. The fraction of sp³-hybridized carbons (Fsp3) is 0. The summed E-state index contributed by atoms with van der Waals surface area (Å²) in [6.07, 6.45) is 0. The van der Waals surface area contributed by atoms with E-state index in [1.807, 2.05) is 0 Å². The van der Waals surface area contributed by atoms with E-state index in [9.17, 15) is 19.5 Å². The predicted molar refractivity (Wildman–Crippen MR) is 131 cm³/mol. The predicted octanol–water partition coefficient (Wildman–Crippen LogP) is 1.85. The summed E-state index contributed by atoms with van der Waals surface area (Å²) in [4.78, 5) is 59.1. The first-order valence-corrected chi connectivity index (χ1v) is 11.0. The maximum absolute atomic E-state index is 12.2. The van der Waals surface area contributed by atoms with Crippen molar-refractivity contribution in [2.75, 3.05) is 0 Å². The molecular weight excluding hydrogens is 496 g/mol. The van der Waals surface area contributed by atoms with E-state index in [1.54, 1.807) is 43.5 Å². The van der Waals surface area contributed by atoms with Gasteiger partial charge in [0.05, 0.1) is 49.8 Å². The minimum atomic E-state index is -1.10. The summed E-state index contributed by atoms with van der Waals surface area (Å²) in [6, 6.07) is 14.0. The van der Waals surface area contributed by atoms with Crippen LogP contribution in [0.3, 0.4) is 0 Å². The number of hydrogen-bond acceptors (Lipinski definition) is 10. The number of carboxylic acid groups (broad SMARTS) is 1. The van der Waals surface area contributed by atoms with Crippen LogP contribution in [0.2, 0.25) is 0 Å². The van der Waals surface area contributed by atoms with Crippen molar-refractivity contribution in [3.63, 3.8) is 0 Å². The number of aromatic nitrogens is 6. The Balaban J connectivity index is 1.75. The molecule has 14 nitrogen and oxygen atoms in total. The lowest BCUT2D eigenvalue weighted by atomic mass is 10.2. The van der Waals surface area contributed by atoms with Crippen LogP contribution in [0.25, 0.3) is 50.4 Å². The van der Waals surface area contributed by atoms with Crippen LogP contribution in [0.4, 0.5) is 0 Å². The van der Waals surface area contributed by atoms with Gasteiger partial charge in [-0.2, -0.15) is 11.8 Å². The Morgan fingerprint density at radius 3 is 1.29 bits per heavy atom. The maximum atomic E-state index is 12.2. The van der Waals surface area contributed by atoms with E-state index in [0.29, 0.717) is 50.4 Å². The van der Waals surface area contributed by atoms with E-state index in [-0.39, 0.29) is 16.7 Å². The molecule has 0 amide bonds. The highest BCUT2D eigenvalue weighted by atomic mass is 16.7. The van der Waals surface area contributed by atoms with Gasteiger partial charge in [-0.15, -0.1) is 0 Å². The zero-order chi connectivity index (χ0) is 26.3. The van der Waals surface area contributed by atoms with E-state index in [1.165, 1.54) is 24.3 Å². The highest BCUT2D eigenvalue weighted by molar-refractivity contribution is 5.99. The first-order chi connectivity index (χ1) is 18.4. The zero-order valence-corrected chi connectivity index (χ0v) is 19.0. The first-order valence-electron chi connectivity index (χ1n) is 11.0. The molecule has 7 aromatic rings. The number of hydrogen-bond donors (Lipinski definition) is 3. The SMILES string of the molecule is NOC(=O)c1ccc2nc3n4c5cc(C(=O)O)ccc5nc4n4c5cc(C(=O)ON)ccc5nc4n3c2c1. The number of benzene rings is 3. The van der Waals surface area contributed by atoms with Crippen LogP contribution >= 0.6 is 0 Å². The molecule has 0 radical (unpaired) electrons. The highest BCUT2D eigenvalue weighted by Crippen LogP contribution is 2.29. The van der Waals surface area contributed by atoms with Gasteiger partial charge in [-0.1, -0.05) is 0 Å². The van der Waals surface area contributed by atoms with Gasteiger partial charge in [0.2, 0.25) is 17.3 Å². The standard InChI is InChI=1S/C24H14N8O6/c25-37-20(35)11-2-5-14-17(8-11)32-23(28-14)30-16-7-10(19(33)34)1-4-13(16)27-22(30)31-18-9-12(21(36)38-26)3-6-15(18)29-24(31)32/h1-9H,25-26H2,(H,33,34). The van der Waals surface area contributed by atoms with Crippen molar-refractivity contribution < 1.29 is 29.2 Å². The Hall–Kier alpha value is -5.60. The van der Waals surface area contributed by atoms with Crippen LogP contribution in [0, 0.1) is 0 Å². The van der Waals surface area contributed by atoms with Gasteiger partial charge in [-0.25, -0.2) is 42.5 Å². The molecule has 0 saturated carbocycles. The molecule has 0 saturated heterocycles. The van der Waals surface area contributed by atoms with Crippen molar-refractivity contribution in [1.29, 1.82) is 0 Å². The maximum Gasteiger partial charge on any atom is 0.356 e. The molecule has 4 heterocycles. The van der Waals surface area contributed by atoms with Crippen LogP contribution in [0.15, 0.2) is 54.6 Å². The Morgan fingerprint density at radius 2 is 0.947 bits per heavy atom. The molecule has 0 atom stereocenters. The number of rotatable bonds is 3. The number of nitrogens with zero attached hydrogens (tertiary/aromatic N) is 6. The molecule has 14 heteroatoms. The van der Waals surface area contributed by atoms with Gasteiger partial charge >= 0.3 is 17.9 Å². The van der Waals surface area contributed by atoms with Gasteiger partial charge < -0.3 is 14.8 Å². The van der Waals surface area contributed by atoms with Gasteiger partial charge in [0.15, 0.2) is 0 Å².